The Balaban J connectivity index is 2.47. The molecule has 4 nitrogen and oxygen atoms in total. The minimum absolute atomic E-state index is 0.106. The zero-order valence-corrected chi connectivity index (χ0v) is 10.3. The molecule has 2 N–H and O–H groups in total. The fourth-order valence-electron chi connectivity index (χ4n) is 1.57. The molecule has 0 aliphatic heterocycles. The Labute approximate surface area is 103 Å². The van der Waals surface area contributed by atoms with Gasteiger partial charge in [-0.25, -0.2) is 4.79 Å². The van der Waals surface area contributed by atoms with Crippen LogP contribution < -0.4 is 0 Å². The van der Waals surface area contributed by atoms with Gasteiger partial charge in [0, 0.05) is 10.5 Å². The topological polar surface area (TPSA) is 66.0 Å². The van der Waals surface area contributed by atoms with E-state index in [4.69, 9.17) is 5.11 Å². The maximum Gasteiger partial charge on any atom is 0.353 e. The van der Waals surface area contributed by atoms with Crippen LogP contribution in [-0.2, 0) is 0 Å². The molecule has 0 radical (unpaired) electrons. The SMILES string of the molecule is CSc1ccc(C)c(-c2cc(C(=O)O)[nH]n2)c1. The van der Waals surface area contributed by atoms with E-state index in [1.807, 2.05) is 31.4 Å². The Morgan fingerprint density at radius 1 is 1.41 bits per heavy atom. The monoisotopic (exact) mass is 248 g/mol. The third-order valence-corrected chi connectivity index (χ3v) is 3.25. The molecule has 1 heterocycles. The van der Waals surface area contributed by atoms with Gasteiger partial charge in [0.15, 0.2) is 0 Å². The molecule has 0 aliphatic carbocycles. The van der Waals surface area contributed by atoms with Crippen molar-refractivity contribution in [3.05, 3.63) is 35.5 Å². The maximum atomic E-state index is 10.8. The predicted molar refractivity (Wildman–Crippen MR) is 67.5 cm³/mol. The van der Waals surface area contributed by atoms with E-state index in [0.29, 0.717) is 5.69 Å². The molecular weight excluding hydrogens is 236 g/mol. The quantitative estimate of drug-likeness (QED) is 0.820. The summed E-state index contributed by atoms with van der Waals surface area (Å²) in [6.45, 7) is 1.98. The summed E-state index contributed by atoms with van der Waals surface area (Å²) in [4.78, 5) is 11.9. The molecule has 1 aromatic heterocycles. The highest BCUT2D eigenvalue weighted by molar-refractivity contribution is 7.98. The highest BCUT2D eigenvalue weighted by Crippen LogP contribution is 2.27. The second-order valence-electron chi connectivity index (χ2n) is 3.65. The third kappa shape index (κ3) is 2.34. The van der Waals surface area contributed by atoms with Gasteiger partial charge < -0.3 is 5.11 Å². The lowest BCUT2D eigenvalue weighted by molar-refractivity contribution is 0.0690. The molecule has 2 rings (SSSR count). The van der Waals surface area contributed by atoms with E-state index in [1.165, 1.54) is 0 Å². The second kappa shape index (κ2) is 4.63. The molecule has 0 saturated carbocycles. The number of carbonyl (C=O) groups is 1. The molecule has 0 spiro atoms. The number of thioether (sulfide) groups is 1. The summed E-state index contributed by atoms with van der Waals surface area (Å²) >= 11 is 1.65. The van der Waals surface area contributed by atoms with Gasteiger partial charge in [0.1, 0.15) is 5.69 Å². The van der Waals surface area contributed by atoms with Crippen LogP contribution in [0.15, 0.2) is 29.2 Å². The van der Waals surface area contributed by atoms with Crippen LogP contribution in [0.1, 0.15) is 16.1 Å². The van der Waals surface area contributed by atoms with Crippen LogP contribution in [-0.4, -0.2) is 27.5 Å². The van der Waals surface area contributed by atoms with Gasteiger partial charge in [0.05, 0.1) is 5.69 Å². The summed E-state index contributed by atoms with van der Waals surface area (Å²) in [5.41, 5.74) is 2.80. The second-order valence-corrected chi connectivity index (χ2v) is 4.53. The van der Waals surface area contributed by atoms with Gasteiger partial charge in [0.25, 0.3) is 0 Å². The first-order valence-corrected chi connectivity index (χ1v) is 6.28. The van der Waals surface area contributed by atoms with Crippen molar-refractivity contribution < 1.29 is 9.90 Å². The van der Waals surface area contributed by atoms with Crippen LogP contribution in [0.4, 0.5) is 0 Å². The van der Waals surface area contributed by atoms with Crippen LogP contribution in [0, 0.1) is 6.92 Å². The number of benzene rings is 1. The molecule has 88 valence electrons. The highest BCUT2D eigenvalue weighted by Gasteiger charge is 2.11. The molecule has 17 heavy (non-hydrogen) atoms. The van der Waals surface area contributed by atoms with Crippen LogP contribution in [0.2, 0.25) is 0 Å². The Bertz CT molecular complexity index is 563. The first-order valence-electron chi connectivity index (χ1n) is 5.05. The standard InChI is InChI=1S/C12H12N2O2S/c1-7-3-4-8(17-2)5-9(7)10-6-11(12(15)16)14-13-10/h3-6H,1-2H3,(H,13,14)(H,15,16). The Morgan fingerprint density at radius 3 is 2.76 bits per heavy atom. The average molecular weight is 248 g/mol. The lowest BCUT2D eigenvalue weighted by atomic mass is 10.1. The highest BCUT2D eigenvalue weighted by atomic mass is 32.2. The fraction of sp³-hybridized carbons (Fsp3) is 0.167. The number of hydrogen-bond donors (Lipinski definition) is 2. The number of H-pyrrole nitrogens is 1. The minimum atomic E-state index is -0.998. The number of rotatable bonds is 3. The van der Waals surface area contributed by atoms with Crippen LogP contribution in [0.3, 0.4) is 0 Å². The van der Waals surface area contributed by atoms with Crippen LogP contribution >= 0.6 is 11.8 Å². The maximum absolute atomic E-state index is 10.8. The number of nitrogens with zero attached hydrogens (tertiary/aromatic N) is 1. The van der Waals surface area contributed by atoms with Gasteiger partial charge in [-0.2, -0.15) is 5.10 Å². The molecule has 1 aromatic carbocycles. The van der Waals surface area contributed by atoms with E-state index in [2.05, 4.69) is 10.2 Å². The van der Waals surface area contributed by atoms with Gasteiger partial charge in [-0.3, -0.25) is 5.10 Å². The lowest BCUT2D eigenvalue weighted by Crippen LogP contribution is -1.95. The summed E-state index contributed by atoms with van der Waals surface area (Å²) in [6, 6.07) is 7.61. The lowest BCUT2D eigenvalue weighted by Gasteiger charge is -2.04. The van der Waals surface area contributed by atoms with E-state index < -0.39 is 5.97 Å². The molecule has 0 atom stereocenters. The largest absolute Gasteiger partial charge is 0.477 e. The Morgan fingerprint density at radius 2 is 2.18 bits per heavy atom. The summed E-state index contributed by atoms with van der Waals surface area (Å²) in [5.74, 6) is -0.998. The molecule has 0 amide bonds. The normalized spacial score (nSPS) is 10.5. The number of aromatic nitrogens is 2. The average Bonchev–Trinajstić information content (AvgIpc) is 2.79. The van der Waals surface area contributed by atoms with E-state index in [-0.39, 0.29) is 5.69 Å². The first-order chi connectivity index (χ1) is 8.11. The number of nitrogens with one attached hydrogen (secondary N) is 1. The number of aryl methyl sites for hydroxylation is 1. The molecule has 0 bridgehead atoms. The van der Waals surface area contributed by atoms with E-state index >= 15 is 0 Å². The van der Waals surface area contributed by atoms with Crippen molar-refractivity contribution in [3.8, 4) is 11.3 Å². The van der Waals surface area contributed by atoms with Crippen molar-refractivity contribution in [1.29, 1.82) is 0 Å². The smallest absolute Gasteiger partial charge is 0.353 e. The minimum Gasteiger partial charge on any atom is -0.477 e. The van der Waals surface area contributed by atoms with Crippen molar-refractivity contribution >= 4 is 17.7 Å². The van der Waals surface area contributed by atoms with Gasteiger partial charge in [0.2, 0.25) is 0 Å². The summed E-state index contributed by atoms with van der Waals surface area (Å²) in [6.07, 6.45) is 2.00. The number of aromatic carboxylic acids is 1. The summed E-state index contributed by atoms with van der Waals surface area (Å²) in [7, 11) is 0. The van der Waals surface area contributed by atoms with Crippen LogP contribution in [0.5, 0.6) is 0 Å². The zero-order chi connectivity index (χ0) is 12.4. The molecule has 0 fully saturated rings. The molecular formula is C12H12N2O2S. The van der Waals surface area contributed by atoms with E-state index in [9.17, 15) is 4.79 Å². The van der Waals surface area contributed by atoms with E-state index in [0.717, 1.165) is 16.0 Å². The van der Waals surface area contributed by atoms with Crippen molar-refractivity contribution in [2.45, 2.75) is 11.8 Å². The van der Waals surface area contributed by atoms with Gasteiger partial charge in [-0.1, -0.05) is 6.07 Å². The third-order valence-electron chi connectivity index (χ3n) is 2.53. The summed E-state index contributed by atoms with van der Waals surface area (Å²) in [5, 5.41) is 15.4. The molecule has 0 saturated heterocycles. The fourth-order valence-corrected chi connectivity index (χ4v) is 2.01. The molecule has 0 aliphatic rings. The Kier molecular flexibility index (Phi) is 3.19. The number of hydrogen-bond acceptors (Lipinski definition) is 3. The number of carboxylic acid groups (broad SMARTS) is 1. The first kappa shape index (κ1) is 11.7. The van der Waals surface area contributed by atoms with E-state index in [1.54, 1.807) is 17.8 Å². The van der Waals surface area contributed by atoms with Crippen molar-refractivity contribution in [3.63, 3.8) is 0 Å². The summed E-state index contributed by atoms with van der Waals surface area (Å²) < 4.78 is 0. The number of carboxylic acids is 1. The van der Waals surface area contributed by atoms with Gasteiger partial charge in [-0.05, 0) is 36.9 Å². The Hall–Kier alpha value is -1.75. The molecule has 0 unspecified atom stereocenters. The van der Waals surface area contributed by atoms with Gasteiger partial charge in [-0.15, -0.1) is 11.8 Å². The van der Waals surface area contributed by atoms with Crippen molar-refractivity contribution in [1.82, 2.24) is 10.2 Å². The van der Waals surface area contributed by atoms with Crippen LogP contribution in [0.25, 0.3) is 11.3 Å². The van der Waals surface area contributed by atoms with Crippen molar-refractivity contribution in [2.75, 3.05) is 6.26 Å². The molecule has 2 aromatic rings. The molecule has 5 heteroatoms. The zero-order valence-electron chi connectivity index (χ0n) is 9.52. The van der Waals surface area contributed by atoms with Gasteiger partial charge >= 0.3 is 5.97 Å². The number of aromatic amines is 1. The van der Waals surface area contributed by atoms with Crippen molar-refractivity contribution in [2.24, 2.45) is 0 Å². The predicted octanol–water partition coefficient (Wildman–Crippen LogP) is 2.81.